The molecule has 0 aromatic rings. The van der Waals surface area contributed by atoms with Gasteiger partial charge in [0.1, 0.15) is 5.78 Å². The largest absolute Gasteiger partial charge is 0.300 e. The normalized spacial score (nSPS) is 9.38. The maximum atomic E-state index is 10.6. The summed E-state index contributed by atoms with van der Waals surface area (Å²) in [6.07, 6.45) is 9.84. The molecule has 2 heteroatoms. The van der Waals surface area contributed by atoms with Gasteiger partial charge in [-0.25, -0.2) is 0 Å². The van der Waals surface area contributed by atoms with Crippen molar-refractivity contribution in [2.24, 2.45) is 0 Å². The minimum Gasteiger partial charge on any atom is -0.300 e. The van der Waals surface area contributed by atoms with Gasteiger partial charge in [-0.2, -0.15) is 0 Å². The van der Waals surface area contributed by atoms with E-state index in [0.29, 0.717) is 5.78 Å². The van der Waals surface area contributed by atoms with Crippen molar-refractivity contribution in [1.29, 1.82) is 0 Å². The van der Waals surface area contributed by atoms with E-state index in [2.05, 4.69) is 6.92 Å². The SMILES string of the molecule is CCCCCCCCCC(C)=O.F. The second kappa shape index (κ2) is 11.6. The van der Waals surface area contributed by atoms with Gasteiger partial charge in [0.2, 0.25) is 0 Å². The van der Waals surface area contributed by atoms with E-state index < -0.39 is 0 Å². The van der Waals surface area contributed by atoms with E-state index in [1.807, 2.05) is 0 Å². The molecule has 0 aliphatic carbocycles. The van der Waals surface area contributed by atoms with Crippen LogP contribution in [-0.4, -0.2) is 5.78 Å². The van der Waals surface area contributed by atoms with Crippen molar-refractivity contribution in [1.82, 2.24) is 0 Å². The fourth-order valence-electron chi connectivity index (χ4n) is 1.33. The van der Waals surface area contributed by atoms with E-state index in [4.69, 9.17) is 0 Å². The number of carbonyl (C=O) groups is 1. The molecule has 0 aromatic heterocycles. The zero-order valence-electron chi connectivity index (χ0n) is 8.97. The van der Waals surface area contributed by atoms with E-state index >= 15 is 0 Å². The molecule has 0 fully saturated rings. The van der Waals surface area contributed by atoms with Gasteiger partial charge in [-0.15, -0.1) is 0 Å². The molecule has 13 heavy (non-hydrogen) atoms. The van der Waals surface area contributed by atoms with E-state index in [1.165, 1.54) is 38.5 Å². The van der Waals surface area contributed by atoms with Crippen molar-refractivity contribution in [2.45, 2.75) is 65.2 Å². The highest BCUT2D eigenvalue weighted by Gasteiger charge is 1.93. The van der Waals surface area contributed by atoms with Gasteiger partial charge >= 0.3 is 0 Å². The van der Waals surface area contributed by atoms with Gasteiger partial charge in [-0.3, -0.25) is 4.70 Å². The van der Waals surface area contributed by atoms with Crippen molar-refractivity contribution in [2.75, 3.05) is 0 Å². The summed E-state index contributed by atoms with van der Waals surface area (Å²) in [6, 6.07) is 0. The van der Waals surface area contributed by atoms with Crippen LogP contribution >= 0.6 is 0 Å². The molecule has 0 amide bonds. The molecular weight excluding hydrogens is 167 g/mol. The van der Waals surface area contributed by atoms with E-state index in [1.54, 1.807) is 6.92 Å². The molecule has 80 valence electrons. The Morgan fingerprint density at radius 1 is 0.923 bits per heavy atom. The number of hydrogen-bond donors (Lipinski definition) is 0. The van der Waals surface area contributed by atoms with Gasteiger partial charge in [0, 0.05) is 6.42 Å². The van der Waals surface area contributed by atoms with Gasteiger partial charge in [0.25, 0.3) is 0 Å². The first kappa shape index (κ1) is 15.1. The molecule has 0 N–H and O–H groups in total. The maximum absolute atomic E-state index is 10.6. The van der Waals surface area contributed by atoms with Crippen LogP contribution < -0.4 is 0 Å². The highest BCUT2D eigenvalue weighted by Crippen LogP contribution is 2.08. The van der Waals surface area contributed by atoms with Crippen LogP contribution in [0, 0.1) is 0 Å². The third-order valence-electron chi connectivity index (χ3n) is 2.13. The van der Waals surface area contributed by atoms with Crippen molar-refractivity contribution >= 4 is 5.78 Å². The zero-order chi connectivity index (χ0) is 9.23. The number of halogens is 1. The quantitative estimate of drug-likeness (QED) is 0.531. The van der Waals surface area contributed by atoms with Crippen molar-refractivity contribution in [3.05, 3.63) is 0 Å². The molecule has 0 heterocycles. The lowest BCUT2D eigenvalue weighted by Gasteiger charge is -1.98. The number of carbonyl (C=O) groups excluding carboxylic acids is 1. The maximum Gasteiger partial charge on any atom is 0.129 e. The number of rotatable bonds is 8. The Hall–Kier alpha value is -0.400. The van der Waals surface area contributed by atoms with Crippen LogP contribution in [-0.2, 0) is 4.79 Å². The molecule has 0 saturated carbocycles. The molecule has 0 spiro atoms. The first-order valence-electron chi connectivity index (χ1n) is 5.26. The summed E-state index contributed by atoms with van der Waals surface area (Å²) in [5.41, 5.74) is 0. The molecule has 0 bridgehead atoms. The molecule has 0 aromatic carbocycles. The third-order valence-corrected chi connectivity index (χ3v) is 2.13. The molecule has 0 aliphatic rings. The Labute approximate surface area is 81.3 Å². The highest BCUT2D eigenvalue weighted by molar-refractivity contribution is 5.75. The van der Waals surface area contributed by atoms with Gasteiger partial charge in [-0.05, 0) is 13.3 Å². The minimum absolute atomic E-state index is 0. The van der Waals surface area contributed by atoms with Crippen molar-refractivity contribution in [3.63, 3.8) is 0 Å². The second-order valence-corrected chi connectivity index (χ2v) is 3.57. The average molecular weight is 190 g/mol. The Kier molecular flexibility index (Phi) is 13.5. The molecule has 0 saturated heterocycles. The summed E-state index contributed by atoms with van der Waals surface area (Å²) in [5, 5.41) is 0. The summed E-state index contributed by atoms with van der Waals surface area (Å²) in [6.45, 7) is 3.91. The summed E-state index contributed by atoms with van der Waals surface area (Å²) in [4.78, 5) is 10.6. The number of Topliss-reactive ketones (excluding diaryl/α,β-unsaturated/α-hetero) is 1. The molecule has 0 aliphatic heterocycles. The molecule has 0 atom stereocenters. The van der Waals surface area contributed by atoms with Crippen LogP contribution in [0.4, 0.5) is 4.70 Å². The molecule has 1 nitrogen and oxygen atoms in total. The molecule has 0 unspecified atom stereocenters. The second-order valence-electron chi connectivity index (χ2n) is 3.57. The summed E-state index contributed by atoms with van der Waals surface area (Å²) >= 11 is 0. The van der Waals surface area contributed by atoms with Gasteiger partial charge < -0.3 is 4.79 Å². The fourth-order valence-corrected chi connectivity index (χ4v) is 1.33. The van der Waals surface area contributed by atoms with Gasteiger partial charge in [-0.1, -0.05) is 45.4 Å². The Morgan fingerprint density at radius 3 is 1.85 bits per heavy atom. The van der Waals surface area contributed by atoms with Crippen LogP contribution in [0.25, 0.3) is 0 Å². The first-order valence-corrected chi connectivity index (χ1v) is 5.26. The van der Waals surface area contributed by atoms with Gasteiger partial charge in [0.15, 0.2) is 0 Å². The Bertz CT molecular complexity index is 113. The van der Waals surface area contributed by atoms with E-state index in [0.717, 1.165) is 12.8 Å². The number of hydrogen-bond acceptors (Lipinski definition) is 1. The minimum atomic E-state index is 0. The van der Waals surface area contributed by atoms with Crippen LogP contribution in [0.5, 0.6) is 0 Å². The Balaban J connectivity index is 0. The van der Waals surface area contributed by atoms with Crippen molar-refractivity contribution in [3.8, 4) is 0 Å². The highest BCUT2D eigenvalue weighted by atomic mass is 19.0. The smallest absolute Gasteiger partial charge is 0.129 e. The standard InChI is InChI=1S/C11H22O.FH/c1-3-4-5-6-7-8-9-10-11(2)12;/h3-10H2,1-2H3;1H. The summed E-state index contributed by atoms with van der Waals surface area (Å²) < 4.78 is 0. The van der Waals surface area contributed by atoms with Crippen molar-refractivity contribution < 1.29 is 9.50 Å². The van der Waals surface area contributed by atoms with Crippen LogP contribution in [0.2, 0.25) is 0 Å². The predicted octanol–water partition coefficient (Wildman–Crippen LogP) is 3.87. The lowest BCUT2D eigenvalue weighted by atomic mass is 10.1. The Morgan fingerprint density at radius 2 is 1.38 bits per heavy atom. The number of unbranched alkanes of at least 4 members (excludes halogenated alkanes) is 6. The lowest BCUT2D eigenvalue weighted by molar-refractivity contribution is -0.117. The van der Waals surface area contributed by atoms with E-state index in [9.17, 15) is 4.79 Å². The van der Waals surface area contributed by atoms with Gasteiger partial charge in [0.05, 0.1) is 0 Å². The lowest BCUT2D eigenvalue weighted by Crippen LogP contribution is -1.89. The first-order chi connectivity index (χ1) is 5.77. The molecular formula is C11H23FO. The third kappa shape index (κ3) is 14.5. The van der Waals surface area contributed by atoms with Crippen LogP contribution in [0.15, 0.2) is 0 Å². The number of ketones is 1. The van der Waals surface area contributed by atoms with Crippen LogP contribution in [0.3, 0.4) is 0 Å². The molecule has 0 rings (SSSR count). The average Bonchev–Trinajstić information content (AvgIpc) is 2.02. The predicted molar refractivity (Wildman–Crippen MR) is 55.8 cm³/mol. The summed E-state index contributed by atoms with van der Waals surface area (Å²) in [7, 11) is 0. The zero-order valence-corrected chi connectivity index (χ0v) is 8.97. The summed E-state index contributed by atoms with van der Waals surface area (Å²) in [5.74, 6) is 0.337. The molecule has 0 radical (unpaired) electrons. The fraction of sp³-hybridized carbons (Fsp3) is 0.909. The van der Waals surface area contributed by atoms with Crippen LogP contribution in [0.1, 0.15) is 65.2 Å². The monoisotopic (exact) mass is 190 g/mol. The van der Waals surface area contributed by atoms with E-state index in [-0.39, 0.29) is 4.70 Å². The topological polar surface area (TPSA) is 17.1 Å².